The van der Waals surface area contributed by atoms with Crippen molar-refractivity contribution in [3.05, 3.63) is 35.9 Å². The summed E-state index contributed by atoms with van der Waals surface area (Å²) in [6, 6.07) is 11.7. The van der Waals surface area contributed by atoms with Crippen molar-refractivity contribution in [1.29, 1.82) is 0 Å². The van der Waals surface area contributed by atoms with Gasteiger partial charge < -0.3 is 10.6 Å². The van der Waals surface area contributed by atoms with Gasteiger partial charge in [-0.15, -0.1) is 0 Å². The molecule has 1 unspecified atom stereocenters. The van der Waals surface area contributed by atoms with Crippen LogP contribution >= 0.6 is 0 Å². The summed E-state index contributed by atoms with van der Waals surface area (Å²) in [7, 11) is 0. The summed E-state index contributed by atoms with van der Waals surface area (Å²) in [4.78, 5) is 0. The first kappa shape index (κ1) is 13.6. The Morgan fingerprint density at radius 3 is 2.61 bits per heavy atom. The smallest absolute Gasteiger partial charge is 0.00682 e. The molecule has 0 saturated heterocycles. The second kappa shape index (κ2) is 7.55. The molecule has 1 aromatic rings. The highest BCUT2D eigenvalue weighted by Gasteiger charge is 2.19. The zero-order valence-electron chi connectivity index (χ0n) is 11.5. The van der Waals surface area contributed by atoms with Crippen LogP contribution in [-0.4, -0.2) is 25.7 Å². The number of hydrogen-bond donors (Lipinski definition) is 2. The molecule has 1 atom stereocenters. The van der Waals surface area contributed by atoms with E-state index in [0.29, 0.717) is 5.92 Å². The summed E-state index contributed by atoms with van der Waals surface area (Å²) in [6.07, 6.45) is 5.22. The van der Waals surface area contributed by atoms with Crippen LogP contribution in [0.1, 0.15) is 44.1 Å². The third-order valence-electron chi connectivity index (χ3n) is 3.70. The predicted molar refractivity (Wildman–Crippen MR) is 78.0 cm³/mol. The number of benzene rings is 1. The molecule has 1 saturated carbocycles. The molecule has 2 N–H and O–H groups in total. The van der Waals surface area contributed by atoms with Crippen molar-refractivity contribution in [3.8, 4) is 0 Å². The lowest BCUT2D eigenvalue weighted by atomic mass is 9.96. The van der Waals surface area contributed by atoms with E-state index in [9.17, 15) is 0 Å². The van der Waals surface area contributed by atoms with Crippen LogP contribution in [0.15, 0.2) is 30.3 Å². The fourth-order valence-electron chi connectivity index (χ4n) is 2.31. The van der Waals surface area contributed by atoms with Gasteiger partial charge in [0.25, 0.3) is 0 Å². The standard InChI is InChI=1S/C16H26N2/c1-2-14(15-7-4-3-5-8-15)13-17-11-6-12-18-16-9-10-16/h3-5,7-8,14,16-18H,2,6,9-13H2,1H3. The molecule has 2 heteroatoms. The summed E-state index contributed by atoms with van der Waals surface area (Å²) in [5, 5.41) is 7.14. The minimum atomic E-state index is 0.655. The van der Waals surface area contributed by atoms with Crippen molar-refractivity contribution < 1.29 is 0 Å². The van der Waals surface area contributed by atoms with E-state index in [-0.39, 0.29) is 0 Å². The van der Waals surface area contributed by atoms with Crippen LogP contribution in [0, 0.1) is 0 Å². The molecule has 0 heterocycles. The van der Waals surface area contributed by atoms with Crippen LogP contribution in [0.5, 0.6) is 0 Å². The summed E-state index contributed by atoms with van der Waals surface area (Å²) < 4.78 is 0. The van der Waals surface area contributed by atoms with E-state index in [4.69, 9.17) is 0 Å². The van der Waals surface area contributed by atoms with Crippen molar-refractivity contribution in [1.82, 2.24) is 10.6 Å². The van der Waals surface area contributed by atoms with E-state index >= 15 is 0 Å². The summed E-state index contributed by atoms with van der Waals surface area (Å²) in [5.74, 6) is 0.655. The van der Waals surface area contributed by atoms with E-state index in [0.717, 1.165) is 19.1 Å². The van der Waals surface area contributed by atoms with Gasteiger partial charge in [-0.2, -0.15) is 0 Å². The Balaban J connectivity index is 1.58. The summed E-state index contributed by atoms with van der Waals surface area (Å²) >= 11 is 0. The van der Waals surface area contributed by atoms with E-state index in [2.05, 4.69) is 47.9 Å². The van der Waals surface area contributed by atoms with E-state index in [1.807, 2.05) is 0 Å². The number of hydrogen-bond acceptors (Lipinski definition) is 2. The Bertz CT molecular complexity index is 319. The lowest BCUT2D eigenvalue weighted by Gasteiger charge is -2.16. The lowest BCUT2D eigenvalue weighted by Crippen LogP contribution is -2.26. The molecule has 0 spiro atoms. The van der Waals surface area contributed by atoms with Gasteiger partial charge in [0, 0.05) is 12.6 Å². The molecule has 2 nitrogen and oxygen atoms in total. The maximum absolute atomic E-state index is 3.59. The molecule has 0 bridgehead atoms. The normalized spacial score (nSPS) is 16.7. The molecule has 0 aliphatic heterocycles. The fourth-order valence-corrected chi connectivity index (χ4v) is 2.31. The van der Waals surface area contributed by atoms with Crippen molar-refractivity contribution in [3.63, 3.8) is 0 Å². The van der Waals surface area contributed by atoms with Gasteiger partial charge in [-0.3, -0.25) is 0 Å². The molecule has 0 radical (unpaired) electrons. The van der Waals surface area contributed by atoms with Crippen LogP contribution in [-0.2, 0) is 0 Å². The molecule has 0 aromatic heterocycles. The molecular weight excluding hydrogens is 220 g/mol. The number of nitrogens with one attached hydrogen (secondary N) is 2. The molecule has 2 rings (SSSR count). The van der Waals surface area contributed by atoms with Crippen molar-refractivity contribution >= 4 is 0 Å². The van der Waals surface area contributed by atoms with Crippen LogP contribution in [0.25, 0.3) is 0 Å². The average Bonchev–Trinajstić information content (AvgIpc) is 3.23. The Morgan fingerprint density at radius 2 is 1.94 bits per heavy atom. The SMILES string of the molecule is CCC(CNCCCNC1CC1)c1ccccc1. The lowest BCUT2D eigenvalue weighted by molar-refractivity contribution is 0.543. The average molecular weight is 246 g/mol. The Hall–Kier alpha value is -0.860. The Kier molecular flexibility index (Phi) is 5.69. The Morgan fingerprint density at radius 1 is 1.17 bits per heavy atom. The number of rotatable bonds is 9. The minimum Gasteiger partial charge on any atom is -0.316 e. The molecule has 1 aliphatic rings. The molecule has 1 aromatic carbocycles. The fraction of sp³-hybridized carbons (Fsp3) is 0.625. The van der Waals surface area contributed by atoms with Crippen molar-refractivity contribution in [2.75, 3.05) is 19.6 Å². The molecule has 100 valence electrons. The van der Waals surface area contributed by atoms with Crippen LogP contribution in [0.2, 0.25) is 0 Å². The van der Waals surface area contributed by atoms with Crippen LogP contribution < -0.4 is 10.6 Å². The minimum absolute atomic E-state index is 0.655. The highest BCUT2D eigenvalue weighted by Crippen LogP contribution is 2.18. The van der Waals surface area contributed by atoms with Gasteiger partial charge in [-0.25, -0.2) is 0 Å². The van der Waals surface area contributed by atoms with Gasteiger partial charge in [0.1, 0.15) is 0 Å². The van der Waals surface area contributed by atoms with Crippen LogP contribution in [0.4, 0.5) is 0 Å². The molecule has 0 amide bonds. The predicted octanol–water partition coefficient (Wildman–Crippen LogP) is 2.91. The topological polar surface area (TPSA) is 24.1 Å². The van der Waals surface area contributed by atoms with Gasteiger partial charge in [0.15, 0.2) is 0 Å². The largest absolute Gasteiger partial charge is 0.316 e. The maximum atomic E-state index is 3.59. The van der Waals surface area contributed by atoms with Crippen molar-refractivity contribution in [2.45, 2.75) is 44.6 Å². The highest BCUT2D eigenvalue weighted by atomic mass is 14.9. The quantitative estimate of drug-likeness (QED) is 0.655. The first-order valence-electron chi connectivity index (χ1n) is 7.39. The van der Waals surface area contributed by atoms with Crippen molar-refractivity contribution in [2.24, 2.45) is 0 Å². The molecular formula is C16H26N2. The van der Waals surface area contributed by atoms with Gasteiger partial charge in [-0.1, -0.05) is 37.3 Å². The van der Waals surface area contributed by atoms with E-state index < -0.39 is 0 Å². The third-order valence-corrected chi connectivity index (χ3v) is 3.70. The zero-order chi connectivity index (χ0) is 12.6. The zero-order valence-corrected chi connectivity index (χ0v) is 11.5. The highest BCUT2D eigenvalue weighted by molar-refractivity contribution is 5.19. The van der Waals surface area contributed by atoms with E-state index in [1.54, 1.807) is 0 Å². The first-order valence-corrected chi connectivity index (χ1v) is 7.39. The van der Waals surface area contributed by atoms with Gasteiger partial charge in [0.05, 0.1) is 0 Å². The van der Waals surface area contributed by atoms with Gasteiger partial charge in [0.2, 0.25) is 0 Å². The second-order valence-electron chi connectivity index (χ2n) is 5.30. The van der Waals surface area contributed by atoms with Gasteiger partial charge >= 0.3 is 0 Å². The van der Waals surface area contributed by atoms with E-state index in [1.165, 1.54) is 37.8 Å². The first-order chi connectivity index (χ1) is 8.90. The third kappa shape index (κ3) is 4.79. The molecule has 18 heavy (non-hydrogen) atoms. The molecule has 1 aliphatic carbocycles. The molecule has 1 fully saturated rings. The monoisotopic (exact) mass is 246 g/mol. The maximum Gasteiger partial charge on any atom is 0.00682 e. The van der Waals surface area contributed by atoms with Gasteiger partial charge in [-0.05, 0) is 50.3 Å². The second-order valence-corrected chi connectivity index (χ2v) is 5.30. The summed E-state index contributed by atoms with van der Waals surface area (Å²) in [5.41, 5.74) is 1.46. The van der Waals surface area contributed by atoms with Crippen LogP contribution in [0.3, 0.4) is 0 Å². The summed E-state index contributed by atoms with van der Waals surface area (Å²) in [6.45, 7) is 5.67. The Labute approximate surface area is 111 Å².